The molecule has 30 heavy (non-hydrogen) atoms. The van der Waals surface area contributed by atoms with E-state index in [0.717, 1.165) is 11.1 Å². The van der Waals surface area contributed by atoms with Crippen molar-refractivity contribution in [3.63, 3.8) is 0 Å². The lowest BCUT2D eigenvalue weighted by Gasteiger charge is -2.13. The summed E-state index contributed by atoms with van der Waals surface area (Å²) in [6, 6.07) is 19.7. The second-order valence-corrected chi connectivity index (χ2v) is 6.88. The molecule has 2 aromatic carbocycles. The highest BCUT2D eigenvalue weighted by Crippen LogP contribution is 2.17. The molecule has 0 aliphatic rings. The molecule has 0 bridgehead atoms. The lowest BCUT2D eigenvalue weighted by molar-refractivity contribution is -0.124. The zero-order chi connectivity index (χ0) is 20.9. The summed E-state index contributed by atoms with van der Waals surface area (Å²) in [5.41, 5.74) is 2.93. The molecular weight excluding hydrogens is 382 g/mol. The van der Waals surface area contributed by atoms with Crippen LogP contribution in [-0.2, 0) is 17.9 Å². The van der Waals surface area contributed by atoms with Crippen LogP contribution >= 0.6 is 0 Å². The quantitative estimate of drug-likeness (QED) is 0.511. The normalized spacial score (nSPS) is 11.9. The minimum absolute atomic E-state index is 0.285. The summed E-state index contributed by atoms with van der Waals surface area (Å²) < 4.78 is 12.3. The third kappa shape index (κ3) is 4.25. The predicted molar refractivity (Wildman–Crippen MR) is 112 cm³/mol. The van der Waals surface area contributed by atoms with E-state index in [0.29, 0.717) is 23.6 Å². The molecule has 1 atom stereocenters. The fraction of sp³-hybridized carbons (Fsp3) is 0.174. The molecule has 4 rings (SSSR count). The largest absolute Gasteiger partial charge is 0.473 e. The maximum absolute atomic E-state index is 12.6. The van der Waals surface area contributed by atoms with Gasteiger partial charge in [-0.2, -0.15) is 0 Å². The molecule has 7 heteroatoms. The standard InChI is InChI=1S/C23H21N3O4/c1-16(26-19-9-5-6-10-20(19)30-23(26)28)22(27)25-14-18-11-12-24-21(13-18)29-15-17-7-3-2-4-8-17/h2-13,16H,14-15H2,1H3,(H,25,27). The zero-order valence-corrected chi connectivity index (χ0v) is 16.4. The van der Waals surface area contributed by atoms with Crippen molar-refractivity contribution in [2.75, 3.05) is 0 Å². The first-order valence-electron chi connectivity index (χ1n) is 9.61. The molecule has 7 nitrogen and oxygen atoms in total. The Kier molecular flexibility index (Phi) is 5.61. The monoisotopic (exact) mass is 403 g/mol. The van der Waals surface area contributed by atoms with Gasteiger partial charge in [0.25, 0.3) is 0 Å². The molecule has 2 heterocycles. The van der Waals surface area contributed by atoms with Gasteiger partial charge in [0.15, 0.2) is 5.58 Å². The van der Waals surface area contributed by atoms with Gasteiger partial charge in [-0.05, 0) is 36.2 Å². The molecule has 0 saturated carbocycles. The minimum Gasteiger partial charge on any atom is -0.473 e. The predicted octanol–water partition coefficient (Wildman–Crippen LogP) is 3.45. The molecule has 0 radical (unpaired) electrons. The molecule has 0 aliphatic heterocycles. The van der Waals surface area contributed by atoms with Crippen molar-refractivity contribution in [3.8, 4) is 5.88 Å². The molecule has 1 N–H and O–H groups in total. The molecular formula is C23H21N3O4. The number of amides is 1. The second-order valence-electron chi connectivity index (χ2n) is 6.88. The summed E-state index contributed by atoms with van der Waals surface area (Å²) in [5.74, 6) is -0.359. The third-order valence-corrected chi connectivity index (χ3v) is 4.78. The number of aromatic nitrogens is 2. The van der Waals surface area contributed by atoms with Crippen molar-refractivity contribution in [2.45, 2.75) is 26.1 Å². The minimum atomic E-state index is -0.711. The first kappa shape index (κ1) is 19.4. The number of hydrogen-bond donors (Lipinski definition) is 1. The Morgan fingerprint density at radius 3 is 2.70 bits per heavy atom. The van der Waals surface area contributed by atoms with Crippen LogP contribution in [-0.4, -0.2) is 15.5 Å². The van der Waals surface area contributed by atoms with Gasteiger partial charge >= 0.3 is 5.76 Å². The van der Waals surface area contributed by atoms with E-state index >= 15 is 0 Å². The van der Waals surface area contributed by atoms with Gasteiger partial charge in [0.2, 0.25) is 11.8 Å². The van der Waals surface area contributed by atoms with E-state index < -0.39 is 11.8 Å². The Morgan fingerprint density at radius 2 is 1.87 bits per heavy atom. The Morgan fingerprint density at radius 1 is 1.10 bits per heavy atom. The second kappa shape index (κ2) is 8.65. The van der Waals surface area contributed by atoms with Crippen LogP contribution in [0.4, 0.5) is 0 Å². The van der Waals surface area contributed by atoms with Gasteiger partial charge in [-0.3, -0.25) is 9.36 Å². The number of carbonyl (C=O) groups is 1. The number of ether oxygens (including phenoxy) is 1. The molecule has 0 saturated heterocycles. The van der Waals surface area contributed by atoms with E-state index in [2.05, 4.69) is 10.3 Å². The average molecular weight is 403 g/mol. The molecule has 1 amide bonds. The number of fused-ring (bicyclic) bond motifs is 1. The fourth-order valence-electron chi connectivity index (χ4n) is 3.18. The first-order valence-corrected chi connectivity index (χ1v) is 9.61. The lowest BCUT2D eigenvalue weighted by atomic mass is 10.2. The number of benzene rings is 2. The van der Waals surface area contributed by atoms with Gasteiger partial charge in [-0.15, -0.1) is 0 Å². The van der Waals surface area contributed by atoms with Crippen LogP contribution in [0.5, 0.6) is 5.88 Å². The molecule has 0 spiro atoms. The third-order valence-electron chi connectivity index (χ3n) is 4.78. The topological polar surface area (TPSA) is 86.4 Å². The zero-order valence-electron chi connectivity index (χ0n) is 16.4. The number of oxazole rings is 1. The van der Waals surface area contributed by atoms with E-state index in [9.17, 15) is 9.59 Å². The molecule has 4 aromatic rings. The molecule has 1 unspecified atom stereocenters. The van der Waals surface area contributed by atoms with E-state index in [4.69, 9.17) is 9.15 Å². The summed E-state index contributed by atoms with van der Waals surface area (Å²) >= 11 is 0. The van der Waals surface area contributed by atoms with Crippen LogP contribution in [0.25, 0.3) is 11.1 Å². The number of para-hydroxylation sites is 2. The molecule has 2 aromatic heterocycles. The number of pyridine rings is 1. The van der Waals surface area contributed by atoms with E-state index in [1.165, 1.54) is 4.57 Å². The van der Waals surface area contributed by atoms with Crippen molar-refractivity contribution >= 4 is 17.0 Å². The Balaban J connectivity index is 1.40. The molecule has 0 fully saturated rings. The first-order chi connectivity index (χ1) is 14.6. The smallest absolute Gasteiger partial charge is 0.420 e. The Hall–Kier alpha value is -3.87. The summed E-state index contributed by atoms with van der Waals surface area (Å²) in [5, 5.41) is 2.86. The van der Waals surface area contributed by atoms with Crippen LogP contribution in [0.2, 0.25) is 0 Å². The van der Waals surface area contributed by atoms with Crippen LogP contribution in [0.3, 0.4) is 0 Å². The van der Waals surface area contributed by atoms with Gasteiger partial charge < -0.3 is 14.5 Å². The van der Waals surface area contributed by atoms with Crippen molar-refractivity contribution in [1.82, 2.24) is 14.9 Å². The molecule has 152 valence electrons. The van der Waals surface area contributed by atoms with E-state index in [-0.39, 0.29) is 12.5 Å². The fourth-order valence-corrected chi connectivity index (χ4v) is 3.18. The van der Waals surface area contributed by atoms with Gasteiger partial charge in [0.1, 0.15) is 12.6 Å². The number of rotatable bonds is 7. The number of hydrogen-bond acceptors (Lipinski definition) is 5. The molecule has 0 aliphatic carbocycles. The van der Waals surface area contributed by atoms with Crippen LogP contribution in [0.1, 0.15) is 24.1 Å². The van der Waals surface area contributed by atoms with Gasteiger partial charge in [0, 0.05) is 18.8 Å². The maximum Gasteiger partial charge on any atom is 0.420 e. The number of nitrogens with one attached hydrogen (secondary N) is 1. The highest BCUT2D eigenvalue weighted by molar-refractivity contribution is 5.82. The Labute approximate surface area is 172 Å². The summed E-state index contributed by atoms with van der Waals surface area (Å²) in [6.45, 7) is 2.37. The van der Waals surface area contributed by atoms with Crippen LogP contribution < -0.4 is 15.8 Å². The van der Waals surface area contributed by atoms with Gasteiger partial charge in [-0.1, -0.05) is 42.5 Å². The van der Waals surface area contributed by atoms with Gasteiger partial charge in [0.05, 0.1) is 5.52 Å². The average Bonchev–Trinajstić information content (AvgIpc) is 3.12. The van der Waals surface area contributed by atoms with Crippen molar-refractivity contribution < 1.29 is 13.9 Å². The summed E-state index contributed by atoms with van der Waals surface area (Å²) in [4.78, 5) is 29.0. The number of nitrogens with zero attached hydrogens (tertiary/aromatic N) is 2. The van der Waals surface area contributed by atoms with E-state index in [1.54, 1.807) is 49.5 Å². The van der Waals surface area contributed by atoms with Crippen LogP contribution in [0, 0.1) is 0 Å². The lowest BCUT2D eigenvalue weighted by Crippen LogP contribution is -2.34. The van der Waals surface area contributed by atoms with Crippen LogP contribution in [0.15, 0.2) is 82.1 Å². The summed E-state index contributed by atoms with van der Waals surface area (Å²) in [6.07, 6.45) is 1.64. The van der Waals surface area contributed by atoms with Crippen molar-refractivity contribution in [1.29, 1.82) is 0 Å². The Bertz CT molecular complexity index is 1210. The van der Waals surface area contributed by atoms with Crippen molar-refractivity contribution in [3.05, 3.63) is 94.6 Å². The maximum atomic E-state index is 12.6. The van der Waals surface area contributed by atoms with E-state index in [1.807, 2.05) is 30.3 Å². The van der Waals surface area contributed by atoms with Gasteiger partial charge in [-0.25, -0.2) is 9.78 Å². The van der Waals surface area contributed by atoms with Crippen molar-refractivity contribution in [2.24, 2.45) is 0 Å². The highest BCUT2D eigenvalue weighted by atomic mass is 16.5. The summed E-state index contributed by atoms with van der Waals surface area (Å²) in [7, 11) is 0. The number of carbonyl (C=O) groups excluding carboxylic acids is 1. The highest BCUT2D eigenvalue weighted by Gasteiger charge is 2.21. The SMILES string of the molecule is CC(C(=O)NCc1ccnc(OCc2ccccc2)c1)n1c(=O)oc2ccccc21.